The first-order valence-corrected chi connectivity index (χ1v) is 7.94. The van der Waals surface area contributed by atoms with Gasteiger partial charge < -0.3 is 4.52 Å². The molecule has 1 saturated heterocycles. The minimum Gasteiger partial charge on any atom is -0.404 e. The highest BCUT2D eigenvalue weighted by Crippen LogP contribution is 2.53. The van der Waals surface area contributed by atoms with Crippen molar-refractivity contribution >= 4 is 30.4 Å². The third kappa shape index (κ3) is 3.20. The summed E-state index contributed by atoms with van der Waals surface area (Å²) in [5, 5.41) is 0. The SMILES string of the molecule is O=P1(Oc2ccccc2)OCCC(CI)O1. The van der Waals surface area contributed by atoms with E-state index in [2.05, 4.69) is 22.6 Å². The lowest BCUT2D eigenvalue weighted by Crippen LogP contribution is -2.23. The van der Waals surface area contributed by atoms with Crippen molar-refractivity contribution in [1.29, 1.82) is 0 Å². The van der Waals surface area contributed by atoms with E-state index in [9.17, 15) is 4.57 Å². The topological polar surface area (TPSA) is 44.8 Å². The van der Waals surface area contributed by atoms with E-state index < -0.39 is 7.82 Å². The minimum absolute atomic E-state index is 0.0519. The van der Waals surface area contributed by atoms with E-state index in [4.69, 9.17) is 13.6 Å². The van der Waals surface area contributed by atoms with Crippen LogP contribution in [0.25, 0.3) is 0 Å². The Morgan fingerprint density at radius 2 is 2.19 bits per heavy atom. The monoisotopic (exact) mass is 354 g/mol. The maximum absolute atomic E-state index is 12.1. The molecule has 0 bridgehead atoms. The van der Waals surface area contributed by atoms with Gasteiger partial charge in [-0.05, 0) is 18.6 Å². The van der Waals surface area contributed by atoms with Crippen molar-refractivity contribution in [2.45, 2.75) is 12.5 Å². The van der Waals surface area contributed by atoms with Crippen LogP contribution in [0.3, 0.4) is 0 Å². The molecule has 0 amide bonds. The van der Waals surface area contributed by atoms with Crippen LogP contribution < -0.4 is 4.52 Å². The molecule has 0 radical (unpaired) electrons. The predicted molar refractivity (Wildman–Crippen MR) is 69.0 cm³/mol. The summed E-state index contributed by atoms with van der Waals surface area (Å²) in [6.45, 7) is 0.414. The third-order valence-corrected chi connectivity index (χ3v) is 4.57. The molecule has 1 aromatic rings. The van der Waals surface area contributed by atoms with E-state index in [0.29, 0.717) is 12.4 Å². The van der Waals surface area contributed by atoms with Gasteiger partial charge in [-0.2, -0.15) is 0 Å². The van der Waals surface area contributed by atoms with Crippen molar-refractivity contribution in [2.75, 3.05) is 11.0 Å². The number of alkyl halides is 1. The van der Waals surface area contributed by atoms with Crippen LogP contribution in [0.5, 0.6) is 5.75 Å². The summed E-state index contributed by atoms with van der Waals surface area (Å²) >= 11 is 2.20. The van der Waals surface area contributed by atoms with E-state index >= 15 is 0 Å². The Balaban J connectivity index is 2.05. The zero-order valence-corrected chi connectivity index (χ0v) is 11.6. The molecule has 2 atom stereocenters. The van der Waals surface area contributed by atoms with Gasteiger partial charge in [0.25, 0.3) is 0 Å². The molecule has 1 aliphatic rings. The number of rotatable bonds is 3. The lowest BCUT2D eigenvalue weighted by Gasteiger charge is -2.27. The second-order valence-electron chi connectivity index (χ2n) is 3.36. The van der Waals surface area contributed by atoms with Crippen LogP contribution in [0, 0.1) is 0 Å². The van der Waals surface area contributed by atoms with Crippen LogP contribution in [0.1, 0.15) is 6.42 Å². The summed E-state index contributed by atoms with van der Waals surface area (Å²) in [4.78, 5) is 0. The molecule has 1 aliphatic heterocycles. The highest BCUT2D eigenvalue weighted by atomic mass is 127. The Morgan fingerprint density at radius 1 is 1.44 bits per heavy atom. The normalized spacial score (nSPS) is 29.9. The number of halogens is 1. The highest BCUT2D eigenvalue weighted by Gasteiger charge is 2.36. The van der Waals surface area contributed by atoms with Gasteiger partial charge in [0, 0.05) is 4.43 Å². The molecule has 88 valence electrons. The van der Waals surface area contributed by atoms with Crippen molar-refractivity contribution in [2.24, 2.45) is 0 Å². The van der Waals surface area contributed by atoms with Gasteiger partial charge in [0.05, 0.1) is 12.7 Å². The van der Waals surface area contributed by atoms with E-state index in [1.165, 1.54) is 0 Å². The highest BCUT2D eigenvalue weighted by molar-refractivity contribution is 14.1. The Labute approximate surface area is 108 Å². The molecule has 1 heterocycles. The van der Waals surface area contributed by atoms with Crippen LogP contribution in [0.2, 0.25) is 0 Å². The van der Waals surface area contributed by atoms with Gasteiger partial charge in [0.1, 0.15) is 5.75 Å². The molecular formula is C10H12IO4P. The predicted octanol–water partition coefficient (Wildman–Crippen LogP) is 3.41. The minimum atomic E-state index is -3.41. The average molecular weight is 354 g/mol. The summed E-state index contributed by atoms with van der Waals surface area (Å²) in [5.74, 6) is 0.500. The molecule has 1 fully saturated rings. The number of phosphoric acid groups is 1. The van der Waals surface area contributed by atoms with E-state index in [1.54, 1.807) is 24.3 Å². The van der Waals surface area contributed by atoms with Crippen LogP contribution in [-0.2, 0) is 13.6 Å². The summed E-state index contributed by atoms with van der Waals surface area (Å²) in [7, 11) is -3.41. The first-order chi connectivity index (χ1) is 7.72. The van der Waals surface area contributed by atoms with E-state index in [-0.39, 0.29) is 6.10 Å². The smallest absolute Gasteiger partial charge is 0.404 e. The molecule has 0 aliphatic carbocycles. The molecule has 6 heteroatoms. The van der Waals surface area contributed by atoms with Gasteiger partial charge in [-0.3, -0.25) is 9.05 Å². The summed E-state index contributed by atoms with van der Waals surface area (Å²) < 4.78 is 28.6. The average Bonchev–Trinajstić information content (AvgIpc) is 2.29. The van der Waals surface area contributed by atoms with Gasteiger partial charge in [-0.15, -0.1) is 0 Å². The lowest BCUT2D eigenvalue weighted by atomic mass is 10.3. The third-order valence-electron chi connectivity index (χ3n) is 2.10. The zero-order chi connectivity index (χ0) is 11.4. The molecule has 4 nitrogen and oxygen atoms in total. The van der Waals surface area contributed by atoms with Gasteiger partial charge in [0.15, 0.2) is 0 Å². The zero-order valence-electron chi connectivity index (χ0n) is 8.54. The van der Waals surface area contributed by atoms with E-state index in [0.717, 1.165) is 10.8 Å². The molecule has 0 N–H and O–H groups in total. The fourth-order valence-electron chi connectivity index (χ4n) is 1.33. The fraction of sp³-hybridized carbons (Fsp3) is 0.400. The van der Waals surface area contributed by atoms with Gasteiger partial charge >= 0.3 is 7.82 Å². The summed E-state index contributed by atoms with van der Waals surface area (Å²) in [5.41, 5.74) is 0. The molecule has 1 aromatic carbocycles. The Kier molecular flexibility index (Phi) is 4.24. The van der Waals surface area contributed by atoms with Gasteiger partial charge in [-0.1, -0.05) is 40.8 Å². The van der Waals surface area contributed by atoms with Crippen molar-refractivity contribution in [3.8, 4) is 5.75 Å². The number of hydrogen-bond acceptors (Lipinski definition) is 4. The number of hydrogen-bond donors (Lipinski definition) is 0. The second-order valence-corrected chi connectivity index (χ2v) is 5.78. The molecular weight excluding hydrogens is 342 g/mol. The number of phosphoric ester groups is 1. The van der Waals surface area contributed by atoms with Crippen molar-refractivity contribution < 1.29 is 18.1 Å². The molecule has 0 spiro atoms. The van der Waals surface area contributed by atoms with Crippen LogP contribution in [0.15, 0.2) is 30.3 Å². The quantitative estimate of drug-likeness (QED) is 0.474. The second kappa shape index (κ2) is 5.49. The largest absolute Gasteiger partial charge is 0.530 e. The maximum atomic E-state index is 12.1. The van der Waals surface area contributed by atoms with Crippen molar-refractivity contribution in [1.82, 2.24) is 0 Å². The summed E-state index contributed by atoms with van der Waals surface area (Å²) in [6, 6.07) is 8.92. The summed E-state index contributed by atoms with van der Waals surface area (Å²) in [6.07, 6.45) is 0.703. The molecule has 2 unspecified atom stereocenters. The Hall–Kier alpha value is -0.100. The van der Waals surface area contributed by atoms with Crippen molar-refractivity contribution in [3.05, 3.63) is 30.3 Å². The molecule has 2 rings (SSSR count). The standard InChI is InChI=1S/C10H12IO4P/c11-8-10-6-7-13-16(12,15-10)14-9-4-2-1-3-5-9/h1-5,10H,6-8H2. The molecule has 16 heavy (non-hydrogen) atoms. The molecule has 0 aromatic heterocycles. The van der Waals surface area contributed by atoms with Crippen molar-refractivity contribution in [3.63, 3.8) is 0 Å². The number of benzene rings is 1. The maximum Gasteiger partial charge on any atom is 0.530 e. The molecule has 0 saturated carbocycles. The van der Waals surface area contributed by atoms with Crippen LogP contribution >= 0.6 is 30.4 Å². The van der Waals surface area contributed by atoms with Crippen LogP contribution in [-0.4, -0.2) is 17.1 Å². The fourth-order valence-corrected chi connectivity index (χ4v) is 3.64. The Bertz CT molecular complexity index is 384. The first-order valence-electron chi connectivity index (χ1n) is 4.95. The number of para-hydroxylation sites is 1. The lowest BCUT2D eigenvalue weighted by molar-refractivity contribution is 0.0644. The van der Waals surface area contributed by atoms with E-state index in [1.807, 2.05) is 6.07 Å². The van der Waals surface area contributed by atoms with Crippen LogP contribution in [0.4, 0.5) is 0 Å². The van der Waals surface area contributed by atoms with Gasteiger partial charge in [-0.25, -0.2) is 4.57 Å². The van der Waals surface area contributed by atoms with Gasteiger partial charge in [0.2, 0.25) is 0 Å². The first kappa shape index (κ1) is 12.4. The Morgan fingerprint density at radius 3 is 2.88 bits per heavy atom.